The van der Waals surface area contributed by atoms with E-state index in [2.05, 4.69) is 22.3 Å². The fraction of sp³-hybridized carbons (Fsp3) is 0.381. The minimum absolute atomic E-state index is 0.00967. The molecule has 156 valence electrons. The van der Waals surface area contributed by atoms with Crippen molar-refractivity contribution in [2.24, 2.45) is 0 Å². The Morgan fingerprint density at radius 3 is 2.41 bits per heavy atom. The van der Waals surface area contributed by atoms with Gasteiger partial charge in [0.1, 0.15) is 5.82 Å². The molecule has 0 aliphatic carbocycles. The molecule has 0 bridgehead atoms. The van der Waals surface area contributed by atoms with Crippen LogP contribution in [0.4, 0.5) is 28.0 Å². The summed E-state index contributed by atoms with van der Waals surface area (Å²) in [6.07, 6.45) is -3.27. The van der Waals surface area contributed by atoms with Crippen LogP contribution >= 0.6 is 0 Å². The van der Waals surface area contributed by atoms with Gasteiger partial charge in [0, 0.05) is 38.4 Å². The summed E-state index contributed by atoms with van der Waals surface area (Å²) >= 11 is 0. The molecule has 1 heterocycles. The van der Waals surface area contributed by atoms with E-state index in [4.69, 9.17) is 0 Å². The molecule has 0 saturated carbocycles. The standard InChI is InChI=1S/C21H23F4N3O/c1-27(17-9-11-28(12-10-17)14-15-5-3-2-4-6-15)20(29)26-16-7-8-19(22)18(13-16)21(23,24)25/h2-8,13,17H,9-12,14H2,1H3,(H,26,29). The lowest BCUT2D eigenvalue weighted by Gasteiger charge is -2.36. The maximum Gasteiger partial charge on any atom is 0.419 e. The first kappa shape index (κ1) is 21.1. The summed E-state index contributed by atoms with van der Waals surface area (Å²) < 4.78 is 51.9. The second-order valence-corrected chi connectivity index (χ2v) is 7.23. The maximum absolute atomic E-state index is 13.4. The van der Waals surface area contributed by atoms with Crippen molar-refractivity contribution in [3.63, 3.8) is 0 Å². The molecule has 2 aromatic rings. The SMILES string of the molecule is CN(C(=O)Nc1ccc(F)c(C(F)(F)F)c1)C1CCN(Cc2ccccc2)CC1. The normalized spacial score (nSPS) is 15.9. The van der Waals surface area contributed by atoms with Crippen LogP contribution in [0.5, 0.6) is 0 Å². The van der Waals surface area contributed by atoms with Gasteiger partial charge < -0.3 is 10.2 Å². The Hall–Kier alpha value is -2.61. The number of rotatable bonds is 4. The third-order valence-electron chi connectivity index (χ3n) is 5.20. The predicted octanol–water partition coefficient (Wildman–Crippen LogP) is 4.97. The van der Waals surface area contributed by atoms with Crippen molar-refractivity contribution < 1.29 is 22.4 Å². The molecule has 2 amide bonds. The molecule has 1 fully saturated rings. The van der Waals surface area contributed by atoms with Gasteiger partial charge in [-0.3, -0.25) is 4.90 Å². The summed E-state index contributed by atoms with van der Waals surface area (Å²) in [5.41, 5.74) is -0.252. The van der Waals surface area contributed by atoms with Crippen molar-refractivity contribution in [3.8, 4) is 0 Å². The van der Waals surface area contributed by atoms with Gasteiger partial charge in [0.05, 0.1) is 5.56 Å². The minimum atomic E-state index is -4.82. The number of nitrogens with one attached hydrogen (secondary N) is 1. The molecular weight excluding hydrogens is 386 g/mol. The van der Waals surface area contributed by atoms with Crippen LogP contribution in [0.1, 0.15) is 24.0 Å². The zero-order chi connectivity index (χ0) is 21.0. The topological polar surface area (TPSA) is 35.6 Å². The highest BCUT2D eigenvalue weighted by atomic mass is 19.4. The third-order valence-corrected chi connectivity index (χ3v) is 5.20. The number of anilines is 1. The van der Waals surface area contributed by atoms with Crippen LogP contribution in [0.25, 0.3) is 0 Å². The van der Waals surface area contributed by atoms with Gasteiger partial charge in [0.15, 0.2) is 0 Å². The summed E-state index contributed by atoms with van der Waals surface area (Å²) in [7, 11) is 1.63. The zero-order valence-electron chi connectivity index (χ0n) is 16.0. The van der Waals surface area contributed by atoms with E-state index in [1.165, 1.54) is 10.5 Å². The summed E-state index contributed by atoms with van der Waals surface area (Å²) in [6.45, 7) is 2.50. The van der Waals surface area contributed by atoms with E-state index < -0.39 is 23.6 Å². The van der Waals surface area contributed by atoms with Gasteiger partial charge in [-0.2, -0.15) is 13.2 Å². The summed E-state index contributed by atoms with van der Waals surface area (Å²) in [5, 5.41) is 2.44. The second kappa shape index (κ2) is 8.82. The smallest absolute Gasteiger partial charge is 0.325 e. The highest BCUT2D eigenvalue weighted by molar-refractivity contribution is 5.89. The van der Waals surface area contributed by atoms with Crippen LogP contribution in [0, 0.1) is 5.82 Å². The Kier molecular flexibility index (Phi) is 6.42. The van der Waals surface area contributed by atoms with Gasteiger partial charge in [0.2, 0.25) is 0 Å². The number of carbonyl (C=O) groups is 1. The highest BCUT2D eigenvalue weighted by Gasteiger charge is 2.34. The fourth-order valence-electron chi connectivity index (χ4n) is 3.50. The van der Waals surface area contributed by atoms with Gasteiger partial charge in [-0.05, 0) is 36.6 Å². The number of alkyl halides is 3. The fourth-order valence-corrected chi connectivity index (χ4v) is 3.50. The van der Waals surface area contributed by atoms with Crippen LogP contribution in [-0.2, 0) is 12.7 Å². The lowest BCUT2D eigenvalue weighted by molar-refractivity contribution is -0.139. The van der Waals surface area contributed by atoms with Crippen molar-refractivity contribution in [3.05, 3.63) is 65.5 Å². The van der Waals surface area contributed by atoms with Crippen molar-refractivity contribution >= 4 is 11.7 Å². The van der Waals surface area contributed by atoms with Gasteiger partial charge in [-0.1, -0.05) is 30.3 Å². The van der Waals surface area contributed by atoms with E-state index in [9.17, 15) is 22.4 Å². The molecule has 0 spiro atoms. The average molecular weight is 409 g/mol. The summed E-state index contributed by atoms with van der Waals surface area (Å²) in [6, 6.07) is 12.0. The van der Waals surface area contributed by atoms with Crippen molar-refractivity contribution in [2.45, 2.75) is 31.6 Å². The predicted molar refractivity (Wildman–Crippen MR) is 103 cm³/mol. The first-order valence-corrected chi connectivity index (χ1v) is 9.41. The highest BCUT2D eigenvalue weighted by Crippen LogP contribution is 2.33. The molecule has 8 heteroatoms. The summed E-state index contributed by atoms with van der Waals surface area (Å²) in [5.74, 6) is -1.37. The first-order valence-electron chi connectivity index (χ1n) is 9.41. The number of halogens is 4. The van der Waals surface area contributed by atoms with Crippen LogP contribution in [0.3, 0.4) is 0 Å². The lowest BCUT2D eigenvalue weighted by atomic mass is 10.0. The number of piperidine rings is 1. The second-order valence-electron chi connectivity index (χ2n) is 7.23. The molecule has 0 atom stereocenters. The molecule has 4 nitrogen and oxygen atoms in total. The van der Waals surface area contributed by atoms with Gasteiger partial charge in [-0.25, -0.2) is 9.18 Å². The van der Waals surface area contributed by atoms with Crippen molar-refractivity contribution in [2.75, 3.05) is 25.5 Å². The van der Waals surface area contributed by atoms with Crippen LogP contribution in [0.2, 0.25) is 0 Å². The van der Waals surface area contributed by atoms with E-state index >= 15 is 0 Å². The Balaban J connectivity index is 1.55. The number of urea groups is 1. The zero-order valence-corrected chi connectivity index (χ0v) is 16.0. The Labute approximate surface area is 167 Å². The molecule has 2 aromatic carbocycles. The molecule has 1 aliphatic heterocycles. The van der Waals surface area contributed by atoms with Crippen LogP contribution < -0.4 is 5.32 Å². The molecule has 0 unspecified atom stereocenters. The van der Waals surface area contributed by atoms with Gasteiger partial charge in [0.25, 0.3) is 0 Å². The number of hydrogen-bond acceptors (Lipinski definition) is 2. The maximum atomic E-state index is 13.4. The minimum Gasteiger partial charge on any atom is -0.325 e. The number of carbonyl (C=O) groups excluding carboxylic acids is 1. The van der Waals surface area contributed by atoms with E-state index in [0.29, 0.717) is 12.1 Å². The molecular formula is C21H23F4N3O. The van der Waals surface area contributed by atoms with E-state index in [1.807, 2.05) is 18.2 Å². The number of hydrogen-bond donors (Lipinski definition) is 1. The molecule has 0 aromatic heterocycles. The van der Waals surface area contributed by atoms with Gasteiger partial charge >= 0.3 is 12.2 Å². The largest absolute Gasteiger partial charge is 0.419 e. The quantitative estimate of drug-likeness (QED) is 0.724. The summed E-state index contributed by atoms with van der Waals surface area (Å²) in [4.78, 5) is 16.3. The van der Waals surface area contributed by atoms with E-state index in [0.717, 1.165) is 38.5 Å². The first-order chi connectivity index (χ1) is 13.7. The Morgan fingerprint density at radius 1 is 1.14 bits per heavy atom. The number of nitrogens with zero attached hydrogens (tertiary/aromatic N) is 2. The van der Waals surface area contributed by atoms with Crippen LogP contribution in [0.15, 0.2) is 48.5 Å². The molecule has 1 N–H and O–H groups in total. The lowest BCUT2D eigenvalue weighted by Crippen LogP contribution is -2.46. The molecule has 1 aliphatic rings. The molecule has 29 heavy (non-hydrogen) atoms. The average Bonchev–Trinajstić information content (AvgIpc) is 2.69. The number of benzene rings is 2. The Bertz CT molecular complexity index is 834. The van der Waals surface area contributed by atoms with Crippen molar-refractivity contribution in [1.82, 2.24) is 9.80 Å². The van der Waals surface area contributed by atoms with Gasteiger partial charge in [-0.15, -0.1) is 0 Å². The van der Waals surface area contributed by atoms with Crippen LogP contribution in [-0.4, -0.2) is 42.0 Å². The monoisotopic (exact) mass is 409 g/mol. The van der Waals surface area contributed by atoms with E-state index in [1.54, 1.807) is 7.05 Å². The Morgan fingerprint density at radius 2 is 1.79 bits per heavy atom. The number of amides is 2. The molecule has 0 radical (unpaired) electrons. The van der Waals surface area contributed by atoms with E-state index in [-0.39, 0.29) is 11.7 Å². The third kappa shape index (κ3) is 5.47. The molecule has 3 rings (SSSR count). The van der Waals surface area contributed by atoms with Crippen molar-refractivity contribution in [1.29, 1.82) is 0 Å². The number of likely N-dealkylation sites (tertiary alicyclic amines) is 1. The molecule has 1 saturated heterocycles.